The Morgan fingerprint density at radius 3 is 2.86 bits per heavy atom. The number of benzene rings is 1. The summed E-state index contributed by atoms with van der Waals surface area (Å²) >= 11 is 0. The molecular formula is C18H30N2O. The van der Waals surface area contributed by atoms with Crippen molar-refractivity contribution in [3.05, 3.63) is 29.3 Å². The number of methoxy groups -OCH3 is 1. The zero-order valence-electron chi connectivity index (χ0n) is 13.8. The topological polar surface area (TPSA) is 24.5 Å². The van der Waals surface area contributed by atoms with Gasteiger partial charge in [-0.15, -0.1) is 0 Å². The highest BCUT2D eigenvalue weighted by Gasteiger charge is 2.20. The lowest BCUT2D eigenvalue weighted by Gasteiger charge is -2.28. The fourth-order valence-corrected chi connectivity index (χ4v) is 3.26. The van der Waals surface area contributed by atoms with Crippen LogP contribution in [0.4, 0.5) is 0 Å². The standard InChI is InChI=1S/C18H30N2O/c1-4-12-20(5-2)13-11-19-18-8-6-7-15-9-10-16(21-3)14-17(15)18/h9-10,14,18-19H,4-8,11-13H2,1-3H3. The van der Waals surface area contributed by atoms with Crippen LogP contribution in [0, 0.1) is 0 Å². The molecule has 0 heterocycles. The molecule has 1 aliphatic rings. The molecule has 0 amide bonds. The van der Waals surface area contributed by atoms with E-state index in [1.807, 2.05) is 0 Å². The quantitative estimate of drug-likeness (QED) is 0.794. The Balaban J connectivity index is 1.93. The minimum Gasteiger partial charge on any atom is -0.497 e. The van der Waals surface area contributed by atoms with E-state index in [1.54, 1.807) is 7.11 Å². The van der Waals surface area contributed by atoms with Crippen LogP contribution in [0.3, 0.4) is 0 Å². The summed E-state index contributed by atoms with van der Waals surface area (Å²) in [5.74, 6) is 0.976. The van der Waals surface area contributed by atoms with E-state index in [0.29, 0.717) is 6.04 Å². The summed E-state index contributed by atoms with van der Waals surface area (Å²) in [4.78, 5) is 2.52. The molecule has 3 heteroatoms. The molecule has 21 heavy (non-hydrogen) atoms. The van der Waals surface area contributed by atoms with Crippen molar-refractivity contribution in [2.24, 2.45) is 0 Å². The van der Waals surface area contributed by atoms with Crippen LogP contribution in [0.5, 0.6) is 5.75 Å². The van der Waals surface area contributed by atoms with Crippen LogP contribution in [0.25, 0.3) is 0 Å². The number of nitrogens with zero attached hydrogens (tertiary/aromatic N) is 1. The summed E-state index contributed by atoms with van der Waals surface area (Å²) in [7, 11) is 1.75. The van der Waals surface area contributed by atoms with E-state index in [4.69, 9.17) is 4.74 Å². The number of fused-ring (bicyclic) bond motifs is 1. The van der Waals surface area contributed by atoms with Crippen LogP contribution >= 0.6 is 0 Å². The molecule has 0 fully saturated rings. The molecule has 1 N–H and O–H groups in total. The number of rotatable bonds is 8. The van der Waals surface area contributed by atoms with Crippen molar-refractivity contribution in [2.45, 2.75) is 45.6 Å². The van der Waals surface area contributed by atoms with Gasteiger partial charge in [0.15, 0.2) is 0 Å². The maximum absolute atomic E-state index is 5.38. The van der Waals surface area contributed by atoms with E-state index in [2.05, 4.69) is 42.3 Å². The minimum atomic E-state index is 0.490. The monoisotopic (exact) mass is 290 g/mol. The molecular weight excluding hydrogens is 260 g/mol. The van der Waals surface area contributed by atoms with E-state index in [9.17, 15) is 0 Å². The summed E-state index contributed by atoms with van der Waals surface area (Å²) in [5, 5.41) is 3.76. The van der Waals surface area contributed by atoms with Gasteiger partial charge >= 0.3 is 0 Å². The lowest BCUT2D eigenvalue weighted by Crippen LogP contribution is -2.35. The Bertz CT molecular complexity index is 433. The summed E-state index contributed by atoms with van der Waals surface area (Å²) < 4.78 is 5.38. The molecule has 0 saturated heterocycles. The van der Waals surface area contributed by atoms with Crippen molar-refractivity contribution < 1.29 is 4.74 Å². The first-order valence-corrected chi connectivity index (χ1v) is 8.41. The van der Waals surface area contributed by atoms with Crippen molar-refractivity contribution >= 4 is 0 Å². The Morgan fingerprint density at radius 1 is 1.29 bits per heavy atom. The molecule has 1 unspecified atom stereocenters. The Kier molecular flexibility index (Phi) is 6.52. The molecule has 1 atom stereocenters. The molecule has 0 bridgehead atoms. The van der Waals surface area contributed by atoms with Gasteiger partial charge in [0.05, 0.1) is 7.11 Å². The maximum Gasteiger partial charge on any atom is 0.119 e. The van der Waals surface area contributed by atoms with Crippen molar-refractivity contribution in [1.29, 1.82) is 0 Å². The highest BCUT2D eigenvalue weighted by Crippen LogP contribution is 2.32. The highest BCUT2D eigenvalue weighted by atomic mass is 16.5. The summed E-state index contributed by atoms with van der Waals surface area (Å²) in [5.41, 5.74) is 2.93. The average Bonchev–Trinajstić information content (AvgIpc) is 2.53. The third-order valence-electron chi connectivity index (χ3n) is 4.47. The molecule has 0 saturated carbocycles. The normalized spacial score (nSPS) is 17.8. The van der Waals surface area contributed by atoms with E-state index >= 15 is 0 Å². The predicted molar refractivity (Wildman–Crippen MR) is 89.1 cm³/mol. The van der Waals surface area contributed by atoms with Gasteiger partial charge in [0.1, 0.15) is 5.75 Å². The largest absolute Gasteiger partial charge is 0.497 e. The van der Waals surface area contributed by atoms with Crippen LogP contribution in [-0.2, 0) is 6.42 Å². The minimum absolute atomic E-state index is 0.490. The Morgan fingerprint density at radius 2 is 2.14 bits per heavy atom. The number of ether oxygens (including phenoxy) is 1. The van der Waals surface area contributed by atoms with Gasteiger partial charge in [-0.25, -0.2) is 0 Å². The number of nitrogens with one attached hydrogen (secondary N) is 1. The van der Waals surface area contributed by atoms with E-state index in [-0.39, 0.29) is 0 Å². The van der Waals surface area contributed by atoms with Crippen LogP contribution in [0.15, 0.2) is 18.2 Å². The van der Waals surface area contributed by atoms with Gasteiger partial charge in [0.25, 0.3) is 0 Å². The summed E-state index contributed by atoms with van der Waals surface area (Å²) in [6.07, 6.45) is 4.95. The molecule has 2 rings (SSSR count). The van der Waals surface area contributed by atoms with Crippen LogP contribution in [-0.4, -0.2) is 38.2 Å². The number of aryl methyl sites for hydroxylation is 1. The second-order valence-electron chi connectivity index (χ2n) is 5.90. The highest BCUT2D eigenvalue weighted by molar-refractivity contribution is 5.39. The lowest BCUT2D eigenvalue weighted by molar-refractivity contribution is 0.279. The zero-order valence-corrected chi connectivity index (χ0v) is 13.8. The van der Waals surface area contributed by atoms with Gasteiger partial charge in [-0.3, -0.25) is 0 Å². The number of hydrogen-bond donors (Lipinski definition) is 1. The average molecular weight is 290 g/mol. The molecule has 1 aromatic carbocycles. The fraction of sp³-hybridized carbons (Fsp3) is 0.667. The van der Waals surface area contributed by atoms with Crippen LogP contribution in [0.1, 0.15) is 50.3 Å². The van der Waals surface area contributed by atoms with Crippen LogP contribution < -0.4 is 10.1 Å². The molecule has 118 valence electrons. The number of hydrogen-bond acceptors (Lipinski definition) is 3. The van der Waals surface area contributed by atoms with Gasteiger partial charge in [-0.2, -0.15) is 0 Å². The van der Waals surface area contributed by atoms with Gasteiger partial charge in [0, 0.05) is 19.1 Å². The Labute approximate surface area is 129 Å². The maximum atomic E-state index is 5.38. The van der Waals surface area contributed by atoms with E-state index in [0.717, 1.165) is 25.4 Å². The van der Waals surface area contributed by atoms with Gasteiger partial charge in [-0.05, 0) is 62.0 Å². The Hall–Kier alpha value is -1.06. The zero-order chi connectivity index (χ0) is 15.1. The van der Waals surface area contributed by atoms with Gasteiger partial charge in [0.2, 0.25) is 0 Å². The molecule has 3 nitrogen and oxygen atoms in total. The SMILES string of the molecule is CCCN(CC)CCNC1CCCc2ccc(OC)cc21. The van der Waals surface area contributed by atoms with Crippen LogP contribution in [0.2, 0.25) is 0 Å². The number of likely N-dealkylation sites (N-methyl/N-ethyl adjacent to an activating group) is 1. The lowest BCUT2D eigenvalue weighted by atomic mass is 9.87. The molecule has 1 aromatic rings. The third kappa shape index (κ3) is 4.45. The first-order chi connectivity index (χ1) is 10.3. The van der Waals surface area contributed by atoms with E-state index in [1.165, 1.54) is 43.4 Å². The second kappa shape index (κ2) is 8.40. The van der Waals surface area contributed by atoms with Crippen molar-refractivity contribution in [1.82, 2.24) is 10.2 Å². The molecule has 0 radical (unpaired) electrons. The molecule has 0 spiro atoms. The van der Waals surface area contributed by atoms with E-state index < -0.39 is 0 Å². The molecule has 1 aliphatic carbocycles. The van der Waals surface area contributed by atoms with Gasteiger partial charge < -0.3 is 15.0 Å². The third-order valence-corrected chi connectivity index (χ3v) is 4.47. The summed E-state index contributed by atoms with van der Waals surface area (Å²) in [6, 6.07) is 7.03. The summed E-state index contributed by atoms with van der Waals surface area (Å²) in [6.45, 7) is 9.04. The van der Waals surface area contributed by atoms with Crippen molar-refractivity contribution in [2.75, 3.05) is 33.3 Å². The molecule has 0 aliphatic heterocycles. The van der Waals surface area contributed by atoms with Crippen molar-refractivity contribution in [3.63, 3.8) is 0 Å². The smallest absolute Gasteiger partial charge is 0.119 e. The first kappa shape index (κ1) is 16.3. The predicted octanol–water partition coefficient (Wildman–Crippen LogP) is 3.39. The van der Waals surface area contributed by atoms with Gasteiger partial charge in [-0.1, -0.05) is 19.9 Å². The first-order valence-electron chi connectivity index (χ1n) is 8.41. The van der Waals surface area contributed by atoms with Crippen molar-refractivity contribution in [3.8, 4) is 5.75 Å². The second-order valence-corrected chi connectivity index (χ2v) is 5.90. The molecule has 0 aromatic heterocycles. The fourth-order valence-electron chi connectivity index (χ4n) is 3.26.